The van der Waals surface area contributed by atoms with Crippen molar-refractivity contribution in [2.75, 3.05) is 9.80 Å². The molecule has 1 aliphatic heterocycles. The predicted octanol–water partition coefficient (Wildman–Crippen LogP) is 15.5. The summed E-state index contributed by atoms with van der Waals surface area (Å²) < 4.78 is 9.36. The van der Waals surface area contributed by atoms with Gasteiger partial charge in [0, 0.05) is 59.7 Å². The molecule has 2 aliphatic rings. The highest BCUT2D eigenvalue weighted by molar-refractivity contribution is 7.26. The van der Waals surface area contributed by atoms with Gasteiger partial charge in [0.15, 0.2) is 0 Å². The molecule has 0 saturated carbocycles. The van der Waals surface area contributed by atoms with Crippen LogP contribution in [0.5, 0.6) is 11.5 Å². The zero-order chi connectivity index (χ0) is 38.9. The van der Waals surface area contributed by atoms with Crippen LogP contribution < -0.4 is 14.5 Å². The summed E-state index contributed by atoms with van der Waals surface area (Å²) in [5, 5.41) is 2.47. The summed E-state index contributed by atoms with van der Waals surface area (Å²) in [6.07, 6.45) is 0. The van der Waals surface area contributed by atoms with Crippen LogP contribution in [-0.2, 0) is 5.41 Å². The molecule has 278 valence electrons. The molecule has 1 aliphatic carbocycles. The second-order valence-electron chi connectivity index (χ2n) is 15.2. The summed E-state index contributed by atoms with van der Waals surface area (Å²) >= 11 is 1.85. The van der Waals surface area contributed by atoms with Crippen LogP contribution in [0.15, 0.2) is 218 Å². The van der Waals surface area contributed by atoms with Gasteiger partial charge in [-0.1, -0.05) is 140 Å². The second kappa shape index (κ2) is 13.3. The lowest BCUT2D eigenvalue weighted by Gasteiger charge is -2.40. The molecule has 2 heterocycles. The molecule has 59 heavy (non-hydrogen) atoms. The number of thiophene rings is 1. The SMILES string of the molecule is c1ccc(N(c2ccccc2)c2cc(N(c3ccccc3)c3ccc4c(c3)C3(c5ccccc5O4)c4ccccc4-c4ccccc43)c3c(c2)sc2ccccc23)cc1. The summed E-state index contributed by atoms with van der Waals surface area (Å²) in [4.78, 5) is 4.83. The van der Waals surface area contributed by atoms with Gasteiger partial charge in [-0.25, -0.2) is 0 Å². The van der Waals surface area contributed by atoms with Crippen LogP contribution in [0.25, 0.3) is 31.3 Å². The Morgan fingerprint density at radius 3 is 1.54 bits per heavy atom. The van der Waals surface area contributed by atoms with Gasteiger partial charge in [0.25, 0.3) is 0 Å². The van der Waals surface area contributed by atoms with Crippen LogP contribution >= 0.6 is 11.3 Å². The summed E-state index contributed by atoms with van der Waals surface area (Å²) in [6.45, 7) is 0. The molecular formula is C55H36N2OS. The van der Waals surface area contributed by atoms with Crippen molar-refractivity contribution in [1.82, 2.24) is 0 Å². The molecule has 0 bridgehead atoms. The number of ether oxygens (including phenoxy) is 1. The molecule has 0 saturated heterocycles. The first kappa shape index (κ1) is 33.7. The largest absolute Gasteiger partial charge is 0.457 e. The number of benzene rings is 9. The first-order valence-corrected chi connectivity index (χ1v) is 20.9. The van der Waals surface area contributed by atoms with Crippen LogP contribution in [-0.4, -0.2) is 0 Å². The van der Waals surface area contributed by atoms with E-state index >= 15 is 0 Å². The molecule has 0 unspecified atom stereocenters. The van der Waals surface area contributed by atoms with Gasteiger partial charge >= 0.3 is 0 Å². The minimum atomic E-state index is -0.584. The van der Waals surface area contributed by atoms with Gasteiger partial charge in [-0.05, 0) is 101 Å². The molecular weight excluding hydrogens is 737 g/mol. The molecule has 10 aromatic rings. The third-order valence-electron chi connectivity index (χ3n) is 12.1. The van der Waals surface area contributed by atoms with Gasteiger partial charge in [0.1, 0.15) is 11.5 Å². The second-order valence-corrected chi connectivity index (χ2v) is 16.3. The van der Waals surface area contributed by atoms with Crippen molar-refractivity contribution in [2.45, 2.75) is 5.41 Å². The first-order valence-electron chi connectivity index (χ1n) is 20.1. The standard InChI is InChI=1S/C55H36N2OS/c1-4-18-37(19-5-1)56(38-20-6-2-7-21-38)41-35-49(54-44-26-12-17-31-52(44)59-53(54)36-41)57(39-22-8-3-9-23-39)40-32-33-51-48(34-40)55(47-29-15-16-30-50(47)58-51)45-27-13-10-24-42(45)43-25-11-14-28-46(43)55/h1-36H. The van der Waals surface area contributed by atoms with Gasteiger partial charge in [-0.3, -0.25) is 0 Å². The number of anilines is 6. The minimum Gasteiger partial charge on any atom is -0.457 e. The lowest BCUT2D eigenvalue weighted by molar-refractivity contribution is 0.436. The maximum absolute atomic E-state index is 6.88. The molecule has 12 rings (SSSR count). The number of para-hydroxylation sites is 4. The van der Waals surface area contributed by atoms with E-state index in [0.717, 1.165) is 56.8 Å². The number of rotatable bonds is 6. The molecule has 0 N–H and O–H groups in total. The summed E-state index contributed by atoms with van der Waals surface area (Å²) in [5.41, 5.74) is 13.3. The zero-order valence-electron chi connectivity index (χ0n) is 32.0. The van der Waals surface area contributed by atoms with E-state index in [-0.39, 0.29) is 0 Å². The number of nitrogens with zero attached hydrogens (tertiary/aromatic N) is 2. The van der Waals surface area contributed by atoms with E-state index in [0.29, 0.717) is 0 Å². The maximum atomic E-state index is 6.88. The summed E-state index contributed by atoms with van der Waals surface area (Å²) in [6, 6.07) is 79.0. The van der Waals surface area contributed by atoms with E-state index in [9.17, 15) is 0 Å². The van der Waals surface area contributed by atoms with E-state index < -0.39 is 5.41 Å². The Balaban J connectivity index is 1.17. The van der Waals surface area contributed by atoms with Crippen LogP contribution in [0, 0.1) is 0 Å². The third kappa shape index (κ3) is 5.07. The summed E-state index contributed by atoms with van der Waals surface area (Å²) in [7, 11) is 0. The number of hydrogen-bond acceptors (Lipinski definition) is 4. The van der Waals surface area contributed by atoms with Crippen molar-refractivity contribution >= 4 is 65.6 Å². The Morgan fingerprint density at radius 1 is 0.356 bits per heavy atom. The first-order chi connectivity index (χ1) is 29.3. The van der Waals surface area contributed by atoms with Crippen LogP contribution in [0.3, 0.4) is 0 Å². The molecule has 1 spiro atoms. The molecule has 0 amide bonds. The molecule has 0 radical (unpaired) electrons. The fourth-order valence-electron chi connectivity index (χ4n) is 9.71. The molecule has 9 aromatic carbocycles. The van der Waals surface area contributed by atoms with Gasteiger partial charge < -0.3 is 14.5 Å². The van der Waals surface area contributed by atoms with Crippen molar-refractivity contribution in [1.29, 1.82) is 0 Å². The highest BCUT2D eigenvalue weighted by Gasteiger charge is 2.51. The normalized spacial score (nSPS) is 13.0. The van der Waals surface area contributed by atoms with Crippen molar-refractivity contribution in [3.63, 3.8) is 0 Å². The molecule has 1 aromatic heterocycles. The Bertz CT molecular complexity index is 3130. The smallest absolute Gasteiger partial charge is 0.132 e. The monoisotopic (exact) mass is 772 g/mol. The molecule has 0 atom stereocenters. The minimum absolute atomic E-state index is 0.584. The Hall–Kier alpha value is -7.40. The van der Waals surface area contributed by atoms with E-state index in [4.69, 9.17) is 4.74 Å². The van der Waals surface area contributed by atoms with Gasteiger partial charge in [0.05, 0.1) is 11.1 Å². The Labute approximate surface area is 347 Å². The average Bonchev–Trinajstić information content (AvgIpc) is 3.82. The van der Waals surface area contributed by atoms with Crippen LogP contribution in [0.4, 0.5) is 34.1 Å². The van der Waals surface area contributed by atoms with E-state index in [1.54, 1.807) is 0 Å². The highest BCUT2D eigenvalue weighted by atomic mass is 32.1. The lowest BCUT2D eigenvalue weighted by atomic mass is 9.66. The van der Waals surface area contributed by atoms with Gasteiger partial charge in [0.2, 0.25) is 0 Å². The molecule has 0 fully saturated rings. The topological polar surface area (TPSA) is 15.7 Å². The quantitative estimate of drug-likeness (QED) is 0.167. The van der Waals surface area contributed by atoms with Crippen molar-refractivity contribution < 1.29 is 4.74 Å². The van der Waals surface area contributed by atoms with Crippen molar-refractivity contribution in [3.8, 4) is 22.6 Å². The number of fused-ring (bicyclic) bond motifs is 12. The fourth-order valence-corrected chi connectivity index (χ4v) is 10.9. The molecule has 4 heteroatoms. The Morgan fingerprint density at radius 2 is 0.881 bits per heavy atom. The summed E-state index contributed by atoms with van der Waals surface area (Å²) in [5.74, 6) is 1.76. The predicted molar refractivity (Wildman–Crippen MR) is 246 cm³/mol. The van der Waals surface area contributed by atoms with Crippen LogP contribution in [0.2, 0.25) is 0 Å². The van der Waals surface area contributed by atoms with E-state index in [1.165, 1.54) is 42.4 Å². The zero-order valence-corrected chi connectivity index (χ0v) is 32.8. The lowest BCUT2D eigenvalue weighted by Crippen LogP contribution is -2.32. The van der Waals surface area contributed by atoms with E-state index in [2.05, 4.69) is 228 Å². The van der Waals surface area contributed by atoms with Crippen LogP contribution in [0.1, 0.15) is 22.3 Å². The number of hydrogen-bond donors (Lipinski definition) is 0. The van der Waals surface area contributed by atoms with E-state index in [1.807, 2.05) is 11.3 Å². The van der Waals surface area contributed by atoms with Gasteiger partial charge in [-0.15, -0.1) is 11.3 Å². The Kier molecular flexibility index (Phi) is 7.62. The van der Waals surface area contributed by atoms with Gasteiger partial charge in [-0.2, -0.15) is 0 Å². The van der Waals surface area contributed by atoms with Crippen molar-refractivity contribution in [3.05, 3.63) is 241 Å². The third-order valence-corrected chi connectivity index (χ3v) is 13.2. The molecule has 3 nitrogen and oxygen atoms in total. The fraction of sp³-hybridized carbons (Fsp3) is 0.0182. The average molecular weight is 773 g/mol. The highest BCUT2D eigenvalue weighted by Crippen LogP contribution is 2.63. The van der Waals surface area contributed by atoms with Crippen molar-refractivity contribution in [2.24, 2.45) is 0 Å². The maximum Gasteiger partial charge on any atom is 0.132 e.